The molecule has 1 aromatic carbocycles. The van der Waals surface area contributed by atoms with Crippen LogP contribution in [0.2, 0.25) is 0 Å². The van der Waals surface area contributed by atoms with Crippen LogP contribution < -0.4 is 10.8 Å². The van der Waals surface area contributed by atoms with Crippen molar-refractivity contribution in [3.8, 4) is 23.7 Å². The Kier molecular flexibility index (Phi) is 6.68. The Balaban J connectivity index is 1.67. The summed E-state index contributed by atoms with van der Waals surface area (Å²) < 4.78 is 28.5. The van der Waals surface area contributed by atoms with Gasteiger partial charge in [-0.05, 0) is 48.4 Å². The van der Waals surface area contributed by atoms with Gasteiger partial charge in [0.1, 0.15) is 11.6 Å². The second kappa shape index (κ2) is 9.08. The van der Waals surface area contributed by atoms with Crippen molar-refractivity contribution in [3.63, 3.8) is 0 Å². The molecule has 164 valence electrons. The van der Waals surface area contributed by atoms with E-state index in [1.165, 1.54) is 24.7 Å². The van der Waals surface area contributed by atoms with Crippen molar-refractivity contribution in [1.82, 2.24) is 10.8 Å². The number of ether oxygens (including phenoxy) is 1. The summed E-state index contributed by atoms with van der Waals surface area (Å²) in [5.74, 6) is 9.23. The van der Waals surface area contributed by atoms with E-state index in [0.717, 1.165) is 6.42 Å². The minimum Gasteiger partial charge on any atom is -0.396 e. The lowest BCUT2D eigenvalue weighted by Crippen LogP contribution is -2.71. The van der Waals surface area contributed by atoms with Crippen LogP contribution >= 0.6 is 0 Å². The Hall–Kier alpha value is -2.89. The molecule has 1 unspecified atom stereocenters. The molecular formula is C21H22N2O7S. The zero-order chi connectivity index (χ0) is 22.6. The minimum absolute atomic E-state index is 0.137. The monoisotopic (exact) mass is 446 g/mol. The number of sulfone groups is 1. The van der Waals surface area contributed by atoms with Crippen LogP contribution in [0.25, 0.3) is 0 Å². The van der Waals surface area contributed by atoms with Crippen molar-refractivity contribution < 1.29 is 33.1 Å². The number of aliphatic hydroxyl groups is 1. The van der Waals surface area contributed by atoms with Crippen molar-refractivity contribution in [1.29, 1.82) is 0 Å². The van der Waals surface area contributed by atoms with Crippen molar-refractivity contribution in [2.75, 3.05) is 25.2 Å². The number of hydroxylamine groups is 1. The quantitative estimate of drug-likeness (QED) is 0.252. The van der Waals surface area contributed by atoms with Gasteiger partial charge in [-0.25, -0.2) is 13.9 Å². The standard InChI is InChI=1S/C21H22N2O7S/c1-30-21(12-31(28,29)13-21)18(20(26)23-27)22-19(25)15-8-6-14(7-9-15)4-2-3-5-16-10-17(16)11-24/h6-9,16-18,24,27H,10-13H2,1H3,(H,22,25)(H,23,26)/t16-,17+,18?/m1/s1. The Labute approximate surface area is 180 Å². The summed E-state index contributed by atoms with van der Waals surface area (Å²) in [6.07, 6.45) is 0.889. The molecule has 0 radical (unpaired) electrons. The summed E-state index contributed by atoms with van der Waals surface area (Å²) in [7, 11) is -2.15. The van der Waals surface area contributed by atoms with E-state index in [-0.39, 0.29) is 24.0 Å². The Bertz CT molecular complexity index is 1080. The molecule has 10 heteroatoms. The molecule has 1 aliphatic heterocycles. The third-order valence-electron chi connectivity index (χ3n) is 5.34. The molecule has 2 amide bonds. The van der Waals surface area contributed by atoms with E-state index in [9.17, 15) is 18.0 Å². The lowest BCUT2D eigenvalue weighted by molar-refractivity contribution is -0.138. The molecule has 9 nitrogen and oxygen atoms in total. The molecule has 3 atom stereocenters. The van der Waals surface area contributed by atoms with E-state index in [2.05, 4.69) is 29.0 Å². The normalized spacial score (nSPS) is 22.9. The van der Waals surface area contributed by atoms with E-state index in [0.29, 0.717) is 5.56 Å². The summed E-state index contributed by atoms with van der Waals surface area (Å²) in [4.78, 5) is 24.7. The number of hydrogen-bond donors (Lipinski definition) is 4. The van der Waals surface area contributed by atoms with Crippen molar-refractivity contribution >= 4 is 21.7 Å². The van der Waals surface area contributed by atoms with Crippen molar-refractivity contribution in [2.24, 2.45) is 11.8 Å². The summed E-state index contributed by atoms with van der Waals surface area (Å²) in [6, 6.07) is 4.82. The maximum atomic E-state index is 12.6. The molecule has 1 saturated heterocycles. The predicted octanol–water partition coefficient (Wildman–Crippen LogP) is -0.913. The van der Waals surface area contributed by atoms with Gasteiger partial charge in [-0.1, -0.05) is 11.8 Å². The van der Waals surface area contributed by atoms with Crippen molar-refractivity contribution in [3.05, 3.63) is 35.4 Å². The molecule has 1 aliphatic carbocycles. The number of hydrogen-bond acceptors (Lipinski definition) is 7. The molecule has 0 aromatic heterocycles. The molecule has 1 heterocycles. The number of aliphatic hydroxyl groups excluding tert-OH is 1. The average Bonchev–Trinajstić information content (AvgIpc) is 3.51. The smallest absolute Gasteiger partial charge is 0.268 e. The maximum Gasteiger partial charge on any atom is 0.268 e. The first-order valence-electron chi connectivity index (χ1n) is 9.46. The highest BCUT2D eigenvalue weighted by Crippen LogP contribution is 2.36. The van der Waals surface area contributed by atoms with Gasteiger partial charge in [-0.2, -0.15) is 0 Å². The maximum absolute atomic E-state index is 12.6. The zero-order valence-corrected chi connectivity index (χ0v) is 17.5. The van der Waals surface area contributed by atoms with Gasteiger partial charge in [0, 0.05) is 30.8 Å². The van der Waals surface area contributed by atoms with E-state index in [1.807, 2.05) is 0 Å². The van der Waals surface area contributed by atoms with E-state index >= 15 is 0 Å². The Morgan fingerprint density at radius 3 is 2.45 bits per heavy atom. The second-order valence-electron chi connectivity index (χ2n) is 7.57. The molecule has 0 bridgehead atoms. The van der Waals surface area contributed by atoms with Crippen LogP contribution in [0.1, 0.15) is 22.3 Å². The summed E-state index contributed by atoms with van der Waals surface area (Å²) >= 11 is 0. The average molecular weight is 446 g/mol. The molecule has 1 aromatic rings. The van der Waals surface area contributed by atoms with Gasteiger partial charge in [0.05, 0.1) is 11.5 Å². The molecule has 1 saturated carbocycles. The van der Waals surface area contributed by atoms with Gasteiger partial charge < -0.3 is 15.2 Å². The molecule has 3 rings (SSSR count). The molecule has 0 spiro atoms. The van der Waals surface area contributed by atoms with Crippen LogP contribution in [0.5, 0.6) is 0 Å². The van der Waals surface area contributed by atoms with Crippen LogP contribution in [0.3, 0.4) is 0 Å². The van der Waals surface area contributed by atoms with E-state index in [4.69, 9.17) is 15.1 Å². The second-order valence-corrected chi connectivity index (χ2v) is 9.63. The molecular weight excluding hydrogens is 424 g/mol. The number of carbonyl (C=O) groups is 2. The highest BCUT2D eigenvalue weighted by atomic mass is 32.2. The number of benzene rings is 1. The largest absolute Gasteiger partial charge is 0.396 e. The first kappa shape index (κ1) is 22.8. The Morgan fingerprint density at radius 2 is 1.94 bits per heavy atom. The van der Waals surface area contributed by atoms with Crippen LogP contribution in [0.15, 0.2) is 24.3 Å². The van der Waals surface area contributed by atoms with Gasteiger partial charge in [0.15, 0.2) is 9.84 Å². The minimum atomic E-state index is -3.39. The van der Waals surface area contributed by atoms with Crippen LogP contribution in [0.4, 0.5) is 0 Å². The molecule has 2 fully saturated rings. The van der Waals surface area contributed by atoms with Crippen LogP contribution in [-0.4, -0.2) is 67.4 Å². The number of amides is 2. The van der Waals surface area contributed by atoms with Crippen molar-refractivity contribution in [2.45, 2.75) is 18.1 Å². The first-order valence-corrected chi connectivity index (χ1v) is 11.3. The van der Waals surface area contributed by atoms with Gasteiger partial charge >= 0.3 is 0 Å². The van der Waals surface area contributed by atoms with E-state index in [1.54, 1.807) is 12.1 Å². The third kappa shape index (κ3) is 5.24. The number of carbonyl (C=O) groups excluding carboxylic acids is 2. The fourth-order valence-corrected chi connectivity index (χ4v) is 5.36. The topological polar surface area (TPSA) is 142 Å². The summed E-state index contributed by atoms with van der Waals surface area (Å²) in [6.45, 7) is 0.137. The van der Waals surface area contributed by atoms with Crippen LogP contribution in [-0.2, 0) is 19.4 Å². The lowest BCUT2D eigenvalue weighted by Gasteiger charge is -2.44. The molecule has 2 aliphatic rings. The molecule has 4 N–H and O–H groups in total. The first-order chi connectivity index (χ1) is 14.7. The van der Waals surface area contributed by atoms with Gasteiger partial charge in [-0.15, -0.1) is 0 Å². The highest BCUT2D eigenvalue weighted by molar-refractivity contribution is 7.93. The fourth-order valence-electron chi connectivity index (χ4n) is 3.38. The third-order valence-corrected chi connectivity index (χ3v) is 7.20. The number of methoxy groups -OCH3 is 1. The predicted molar refractivity (Wildman–Crippen MR) is 109 cm³/mol. The number of nitrogens with one attached hydrogen (secondary N) is 2. The number of rotatable bonds is 6. The fraction of sp³-hybridized carbons (Fsp3) is 0.429. The van der Waals surface area contributed by atoms with Crippen LogP contribution in [0, 0.1) is 35.5 Å². The summed E-state index contributed by atoms with van der Waals surface area (Å²) in [5.41, 5.74) is 0.825. The molecule has 31 heavy (non-hydrogen) atoms. The Morgan fingerprint density at radius 1 is 1.26 bits per heavy atom. The lowest BCUT2D eigenvalue weighted by atomic mass is 9.95. The van der Waals surface area contributed by atoms with Gasteiger partial charge in [0.25, 0.3) is 11.8 Å². The summed E-state index contributed by atoms with van der Waals surface area (Å²) in [5, 5.41) is 20.4. The zero-order valence-electron chi connectivity index (χ0n) is 16.7. The van der Waals surface area contributed by atoms with Gasteiger partial charge in [-0.3, -0.25) is 14.8 Å². The SMILES string of the molecule is COC1(C(NC(=O)c2ccc(C#CC#C[C@@H]3C[C@H]3CO)cc2)C(=O)NO)CS(=O)(=O)C1. The van der Waals surface area contributed by atoms with Gasteiger partial charge in [0.2, 0.25) is 0 Å². The highest BCUT2D eigenvalue weighted by Gasteiger charge is 2.57. The van der Waals surface area contributed by atoms with E-state index < -0.39 is 44.8 Å².